The first-order chi connectivity index (χ1) is 10.2. The first-order valence-corrected chi connectivity index (χ1v) is 6.82. The quantitative estimate of drug-likeness (QED) is 0.798. The van der Waals surface area contributed by atoms with Gasteiger partial charge in [0, 0.05) is 24.7 Å². The Labute approximate surface area is 122 Å². The molecule has 0 fully saturated rings. The van der Waals surface area contributed by atoms with Crippen molar-refractivity contribution in [3.05, 3.63) is 65.6 Å². The van der Waals surface area contributed by atoms with Crippen molar-refractivity contribution in [2.75, 3.05) is 7.11 Å². The standard InChI is InChI=1S/C17H17FN2O/c1-21-17-4-2-3-16-15(17)7-8-20(16)11-12-5-6-14(18)9-13(12)10-19/h2-9H,10-11,19H2,1H3. The number of benzene rings is 2. The first kappa shape index (κ1) is 13.6. The van der Waals surface area contributed by atoms with E-state index < -0.39 is 0 Å². The highest BCUT2D eigenvalue weighted by Gasteiger charge is 2.08. The lowest BCUT2D eigenvalue weighted by molar-refractivity contribution is 0.420. The van der Waals surface area contributed by atoms with Crippen molar-refractivity contribution in [1.82, 2.24) is 4.57 Å². The topological polar surface area (TPSA) is 40.2 Å². The van der Waals surface area contributed by atoms with Gasteiger partial charge in [0.15, 0.2) is 0 Å². The molecule has 21 heavy (non-hydrogen) atoms. The summed E-state index contributed by atoms with van der Waals surface area (Å²) in [6.45, 7) is 0.985. The molecule has 0 unspecified atom stereocenters. The number of hydrogen-bond donors (Lipinski definition) is 1. The number of halogens is 1. The van der Waals surface area contributed by atoms with Crippen LogP contribution in [-0.2, 0) is 13.1 Å². The van der Waals surface area contributed by atoms with Crippen molar-refractivity contribution < 1.29 is 9.13 Å². The molecule has 3 nitrogen and oxygen atoms in total. The van der Waals surface area contributed by atoms with Gasteiger partial charge in [-0.25, -0.2) is 4.39 Å². The van der Waals surface area contributed by atoms with Crippen molar-refractivity contribution in [3.63, 3.8) is 0 Å². The average molecular weight is 284 g/mol. The molecule has 3 rings (SSSR count). The second-order valence-electron chi connectivity index (χ2n) is 4.95. The highest BCUT2D eigenvalue weighted by atomic mass is 19.1. The molecule has 0 saturated heterocycles. The molecule has 108 valence electrons. The lowest BCUT2D eigenvalue weighted by Crippen LogP contribution is -2.06. The summed E-state index contributed by atoms with van der Waals surface area (Å²) < 4.78 is 20.8. The van der Waals surface area contributed by atoms with Crippen LogP contribution < -0.4 is 10.5 Å². The van der Waals surface area contributed by atoms with Gasteiger partial charge in [0.2, 0.25) is 0 Å². The van der Waals surface area contributed by atoms with Crippen LogP contribution in [-0.4, -0.2) is 11.7 Å². The minimum atomic E-state index is -0.252. The third kappa shape index (κ3) is 2.50. The molecule has 2 aromatic carbocycles. The first-order valence-electron chi connectivity index (χ1n) is 6.82. The largest absolute Gasteiger partial charge is 0.496 e. The molecule has 0 bridgehead atoms. The zero-order valence-electron chi connectivity index (χ0n) is 11.8. The second-order valence-corrected chi connectivity index (χ2v) is 4.95. The van der Waals surface area contributed by atoms with Gasteiger partial charge >= 0.3 is 0 Å². The molecule has 0 spiro atoms. The van der Waals surface area contributed by atoms with Gasteiger partial charge in [0.05, 0.1) is 12.6 Å². The molecule has 1 heterocycles. The van der Waals surface area contributed by atoms with Crippen LogP contribution in [0.15, 0.2) is 48.7 Å². The van der Waals surface area contributed by atoms with Crippen LogP contribution in [0.3, 0.4) is 0 Å². The van der Waals surface area contributed by atoms with Crippen molar-refractivity contribution in [3.8, 4) is 5.75 Å². The molecule has 2 N–H and O–H groups in total. The summed E-state index contributed by atoms with van der Waals surface area (Å²) in [5, 5.41) is 1.07. The summed E-state index contributed by atoms with van der Waals surface area (Å²) in [5.74, 6) is 0.600. The molecule has 0 aliphatic rings. The van der Waals surface area contributed by atoms with E-state index in [1.165, 1.54) is 12.1 Å². The molecule has 0 aliphatic carbocycles. The fourth-order valence-corrected chi connectivity index (χ4v) is 2.63. The number of rotatable bonds is 4. The molecule has 0 saturated carbocycles. The van der Waals surface area contributed by atoms with Gasteiger partial charge in [0.25, 0.3) is 0 Å². The Bertz CT molecular complexity index is 780. The summed E-state index contributed by atoms with van der Waals surface area (Å²) in [6, 6.07) is 12.7. The molecule has 3 aromatic rings. The summed E-state index contributed by atoms with van der Waals surface area (Å²) in [5.41, 5.74) is 8.66. The minimum Gasteiger partial charge on any atom is -0.496 e. The fourth-order valence-electron chi connectivity index (χ4n) is 2.63. The van der Waals surface area contributed by atoms with Crippen molar-refractivity contribution in [2.45, 2.75) is 13.1 Å². The monoisotopic (exact) mass is 284 g/mol. The van der Waals surface area contributed by atoms with Gasteiger partial charge in [-0.1, -0.05) is 12.1 Å². The van der Waals surface area contributed by atoms with Gasteiger partial charge in [-0.3, -0.25) is 0 Å². The number of aromatic nitrogens is 1. The Hall–Kier alpha value is -2.33. The van der Waals surface area contributed by atoms with E-state index in [1.54, 1.807) is 13.2 Å². The van der Waals surface area contributed by atoms with Gasteiger partial charge in [-0.15, -0.1) is 0 Å². The van der Waals surface area contributed by atoms with E-state index in [9.17, 15) is 4.39 Å². The Balaban J connectivity index is 2.03. The highest BCUT2D eigenvalue weighted by Crippen LogP contribution is 2.27. The van der Waals surface area contributed by atoms with Crippen LogP contribution in [0.5, 0.6) is 5.75 Å². The fraction of sp³-hybridized carbons (Fsp3) is 0.176. The second kappa shape index (κ2) is 5.58. The summed E-state index contributed by atoms with van der Waals surface area (Å²) in [6.07, 6.45) is 2.01. The van der Waals surface area contributed by atoms with Crippen molar-refractivity contribution in [1.29, 1.82) is 0 Å². The van der Waals surface area contributed by atoms with E-state index in [4.69, 9.17) is 10.5 Å². The van der Waals surface area contributed by atoms with Crippen LogP contribution in [0.4, 0.5) is 4.39 Å². The Morgan fingerprint density at radius 1 is 1.14 bits per heavy atom. The maximum absolute atomic E-state index is 13.3. The lowest BCUT2D eigenvalue weighted by Gasteiger charge is -2.11. The molecular weight excluding hydrogens is 267 g/mol. The number of methoxy groups -OCH3 is 1. The number of fused-ring (bicyclic) bond motifs is 1. The van der Waals surface area contributed by atoms with Crippen molar-refractivity contribution >= 4 is 10.9 Å². The van der Waals surface area contributed by atoms with Crippen LogP contribution in [0.1, 0.15) is 11.1 Å². The zero-order valence-corrected chi connectivity index (χ0v) is 11.8. The maximum Gasteiger partial charge on any atom is 0.128 e. The summed E-state index contributed by atoms with van der Waals surface area (Å²) >= 11 is 0. The molecule has 1 aromatic heterocycles. The van der Waals surface area contributed by atoms with Gasteiger partial charge in [-0.05, 0) is 41.5 Å². The minimum absolute atomic E-state index is 0.252. The van der Waals surface area contributed by atoms with Gasteiger partial charge in [-0.2, -0.15) is 0 Å². The SMILES string of the molecule is COc1cccc2c1ccn2Cc1ccc(F)cc1CN. The number of hydrogen-bond acceptors (Lipinski definition) is 2. The molecule has 0 atom stereocenters. The Kier molecular flexibility index (Phi) is 3.62. The van der Waals surface area contributed by atoms with E-state index in [2.05, 4.69) is 4.57 Å². The number of nitrogens with zero attached hydrogens (tertiary/aromatic N) is 1. The smallest absolute Gasteiger partial charge is 0.128 e. The highest BCUT2D eigenvalue weighted by molar-refractivity contribution is 5.86. The summed E-state index contributed by atoms with van der Waals surface area (Å²) in [7, 11) is 1.67. The molecule has 4 heteroatoms. The summed E-state index contributed by atoms with van der Waals surface area (Å²) in [4.78, 5) is 0. The molecule has 0 radical (unpaired) electrons. The van der Waals surface area contributed by atoms with Gasteiger partial charge in [0.1, 0.15) is 11.6 Å². The van der Waals surface area contributed by atoms with E-state index >= 15 is 0 Å². The Morgan fingerprint density at radius 3 is 2.76 bits per heavy atom. The van der Waals surface area contributed by atoms with E-state index in [-0.39, 0.29) is 5.82 Å². The maximum atomic E-state index is 13.3. The van der Waals surface area contributed by atoms with Gasteiger partial charge < -0.3 is 15.0 Å². The molecular formula is C17H17FN2O. The van der Waals surface area contributed by atoms with E-state index in [0.717, 1.165) is 27.8 Å². The zero-order chi connectivity index (χ0) is 14.8. The average Bonchev–Trinajstić information content (AvgIpc) is 2.92. The third-order valence-electron chi connectivity index (χ3n) is 3.72. The van der Waals surface area contributed by atoms with E-state index in [0.29, 0.717) is 13.1 Å². The predicted octanol–water partition coefficient (Wildman–Crippen LogP) is 3.30. The van der Waals surface area contributed by atoms with Crippen molar-refractivity contribution in [2.24, 2.45) is 5.73 Å². The Morgan fingerprint density at radius 2 is 2.00 bits per heavy atom. The number of nitrogens with two attached hydrogens (primary N) is 1. The lowest BCUT2D eigenvalue weighted by atomic mass is 10.1. The van der Waals surface area contributed by atoms with Crippen LogP contribution in [0.25, 0.3) is 10.9 Å². The van der Waals surface area contributed by atoms with Crippen LogP contribution in [0, 0.1) is 5.82 Å². The predicted molar refractivity (Wildman–Crippen MR) is 81.9 cm³/mol. The third-order valence-corrected chi connectivity index (χ3v) is 3.72. The van der Waals surface area contributed by atoms with Crippen LogP contribution >= 0.6 is 0 Å². The normalized spacial score (nSPS) is 11.0. The van der Waals surface area contributed by atoms with E-state index in [1.807, 2.05) is 30.5 Å². The number of ether oxygens (including phenoxy) is 1. The molecule has 0 amide bonds. The molecule has 0 aliphatic heterocycles. The van der Waals surface area contributed by atoms with Crippen LogP contribution in [0.2, 0.25) is 0 Å².